The number of aryl methyl sites for hydroxylation is 1. The molecule has 0 aromatic carbocycles. The van der Waals surface area contributed by atoms with Gasteiger partial charge in [0.25, 0.3) is 0 Å². The van der Waals surface area contributed by atoms with Gasteiger partial charge < -0.3 is 5.11 Å². The van der Waals surface area contributed by atoms with Crippen LogP contribution in [-0.4, -0.2) is 16.2 Å². The monoisotopic (exact) mass is 261 g/mol. The lowest BCUT2D eigenvalue weighted by molar-refractivity contribution is 0.128. The standard InChI is InChI=1S/C17H27NO/c1-2-3-4-5-6-7-10-16(19)15-12-11-14-9-8-13-18-17(14)15/h8-9,13,15-16,19H,2-7,10-12H2,1H3. The van der Waals surface area contributed by atoms with Crippen LogP contribution in [0.25, 0.3) is 0 Å². The van der Waals surface area contributed by atoms with Gasteiger partial charge in [0.1, 0.15) is 0 Å². The van der Waals surface area contributed by atoms with Gasteiger partial charge in [-0.25, -0.2) is 0 Å². The van der Waals surface area contributed by atoms with Crippen molar-refractivity contribution in [2.45, 2.75) is 76.7 Å². The second-order valence-corrected chi connectivity index (χ2v) is 5.82. The second-order valence-electron chi connectivity index (χ2n) is 5.82. The van der Waals surface area contributed by atoms with E-state index in [1.165, 1.54) is 37.7 Å². The van der Waals surface area contributed by atoms with Gasteiger partial charge in [0.05, 0.1) is 6.10 Å². The van der Waals surface area contributed by atoms with Gasteiger partial charge in [0.15, 0.2) is 0 Å². The molecule has 0 spiro atoms. The molecule has 0 amide bonds. The molecule has 19 heavy (non-hydrogen) atoms. The van der Waals surface area contributed by atoms with Gasteiger partial charge in [0, 0.05) is 17.8 Å². The van der Waals surface area contributed by atoms with Gasteiger partial charge in [-0.2, -0.15) is 0 Å². The third-order valence-electron chi connectivity index (χ3n) is 4.32. The van der Waals surface area contributed by atoms with Crippen LogP contribution in [0, 0.1) is 0 Å². The summed E-state index contributed by atoms with van der Waals surface area (Å²) < 4.78 is 0. The minimum absolute atomic E-state index is 0.192. The molecule has 0 bridgehead atoms. The van der Waals surface area contributed by atoms with Crippen molar-refractivity contribution in [1.82, 2.24) is 4.98 Å². The fourth-order valence-electron chi connectivity index (χ4n) is 3.15. The van der Waals surface area contributed by atoms with Crippen molar-refractivity contribution in [1.29, 1.82) is 0 Å². The van der Waals surface area contributed by atoms with Crippen LogP contribution in [0.3, 0.4) is 0 Å². The van der Waals surface area contributed by atoms with E-state index < -0.39 is 0 Å². The zero-order valence-electron chi connectivity index (χ0n) is 12.1. The molecular weight excluding hydrogens is 234 g/mol. The minimum atomic E-state index is -0.192. The van der Waals surface area contributed by atoms with Gasteiger partial charge in [-0.1, -0.05) is 51.5 Å². The molecule has 1 heterocycles. The quantitative estimate of drug-likeness (QED) is 0.711. The Bertz CT molecular complexity index is 377. The molecule has 0 aliphatic heterocycles. The largest absolute Gasteiger partial charge is 0.392 e. The molecule has 1 aliphatic rings. The van der Waals surface area contributed by atoms with Crippen LogP contribution in [0.1, 0.15) is 75.5 Å². The summed E-state index contributed by atoms with van der Waals surface area (Å²) in [4.78, 5) is 4.47. The number of hydrogen-bond acceptors (Lipinski definition) is 2. The highest BCUT2D eigenvalue weighted by atomic mass is 16.3. The zero-order chi connectivity index (χ0) is 13.5. The molecule has 1 N–H and O–H groups in total. The minimum Gasteiger partial charge on any atom is -0.392 e. The lowest BCUT2D eigenvalue weighted by atomic mass is 9.94. The van der Waals surface area contributed by atoms with E-state index >= 15 is 0 Å². The maximum atomic E-state index is 10.4. The van der Waals surface area contributed by atoms with Gasteiger partial charge >= 0.3 is 0 Å². The number of aliphatic hydroxyl groups excluding tert-OH is 1. The fraction of sp³-hybridized carbons (Fsp3) is 0.706. The molecule has 2 atom stereocenters. The molecule has 2 heteroatoms. The first-order chi connectivity index (χ1) is 9.33. The fourth-order valence-corrected chi connectivity index (χ4v) is 3.15. The predicted molar refractivity (Wildman–Crippen MR) is 79.3 cm³/mol. The molecule has 0 saturated carbocycles. The lowest BCUT2D eigenvalue weighted by Crippen LogP contribution is -2.17. The van der Waals surface area contributed by atoms with Gasteiger partial charge in [-0.05, 0) is 30.9 Å². The molecule has 1 aromatic rings. The molecule has 2 unspecified atom stereocenters. The van der Waals surface area contributed by atoms with Gasteiger partial charge in [-0.3, -0.25) is 4.98 Å². The van der Waals surface area contributed by atoms with Crippen LogP contribution < -0.4 is 0 Å². The summed E-state index contributed by atoms with van der Waals surface area (Å²) in [5.41, 5.74) is 2.50. The van der Waals surface area contributed by atoms with Gasteiger partial charge in [0.2, 0.25) is 0 Å². The van der Waals surface area contributed by atoms with Crippen molar-refractivity contribution in [2.24, 2.45) is 0 Å². The zero-order valence-corrected chi connectivity index (χ0v) is 12.1. The molecule has 1 aromatic heterocycles. The molecule has 2 rings (SSSR count). The van der Waals surface area contributed by atoms with E-state index in [4.69, 9.17) is 0 Å². The van der Waals surface area contributed by atoms with Crippen molar-refractivity contribution in [2.75, 3.05) is 0 Å². The molecule has 0 radical (unpaired) electrons. The van der Waals surface area contributed by atoms with E-state index in [0.717, 1.165) is 31.4 Å². The number of aliphatic hydroxyl groups is 1. The first-order valence-corrected chi connectivity index (χ1v) is 7.94. The average Bonchev–Trinajstić information content (AvgIpc) is 2.86. The van der Waals surface area contributed by atoms with Gasteiger partial charge in [-0.15, -0.1) is 0 Å². The number of nitrogens with zero attached hydrogens (tertiary/aromatic N) is 1. The first-order valence-electron chi connectivity index (χ1n) is 7.94. The first kappa shape index (κ1) is 14.5. The second kappa shape index (κ2) is 7.64. The summed E-state index contributed by atoms with van der Waals surface area (Å²) in [5.74, 6) is 0.284. The highest BCUT2D eigenvalue weighted by Crippen LogP contribution is 2.35. The molecule has 1 aliphatic carbocycles. The molecule has 0 saturated heterocycles. The van der Waals surface area contributed by atoms with Crippen LogP contribution in [0.4, 0.5) is 0 Å². The summed E-state index contributed by atoms with van der Waals surface area (Å²) in [6.45, 7) is 2.24. The maximum Gasteiger partial charge on any atom is 0.0624 e. The Hall–Kier alpha value is -0.890. The predicted octanol–water partition coefficient (Wildman–Crippen LogP) is 4.22. The Morgan fingerprint density at radius 3 is 2.89 bits per heavy atom. The molecular formula is C17H27NO. The Balaban J connectivity index is 1.71. The average molecular weight is 261 g/mol. The van der Waals surface area contributed by atoms with Crippen molar-refractivity contribution in [3.63, 3.8) is 0 Å². The Morgan fingerprint density at radius 1 is 1.26 bits per heavy atom. The normalized spacial score (nSPS) is 19.4. The summed E-state index contributed by atoms with van der Waals surface area (Å²) in [5, 5.41) is 10.4. The Kier molecular flexibility index (Phi) is 5.84. The van der Waals surface area contributed by atoms with Crippen molar-refractivity contribution < 1.29 is 5.11 Å². The third-order valence-corrected chi connectivity index (χ3v) is 4.32. The SMILES string of the molecule is CCCCCCCCC(O)C1CCc2cccnc21. The Labute approximate surface area is 117 Å². The molecule has 106 valence electrons. The number of unbranched alkanes of at least 4 members (excludes halogenated alkanes) is 5. The van der Waals surface area contributed by atoms with Crippen molar-refractivity contribution in [3.05, 3.63) is 29.6 Å². The maximum absolute atomic E-state index is 10.4. The van der Waals surface area contributed by atoms with Crippen LogP contribution in [0.2, 0.25) is 0 Å². The smallest absolute Gasteiger partial charge is 0.0624 e. The van der Waals surface area contributed by atoms with Crippen LogP contribution in [0.5, 0.6) is 0 Å². The van der Waals surface area contributed by atoms with Crippen molar-refractivity contribution in [3.8, 4) is 0 Å². The number of fused-ring (bicyclic) bond motifs is 1. The van der Waals surface area contributed by atoms with E-state index in [0.29, 0.717) is 0 Å². The number of pyridine rings is 1. The summed E-state index contributed by atoms with van der Waals surface area (Å²) in [6, 6.07) is 4.15. The van der Waals surface area contributed by atoms with Crippen molar-refractivity contribution >= 4 is 0 Å². The van der Waals surface area contributed by atoms with Crippen LogP contribution in [-0.2, 0) is 6.42 Å². The topological polar surface area (TPSA) is 33.1 Å². The van der Waals surface area contributed by atoms with E-state index in [1.54, 1.807) is 0 Å². The van der Waals surface area contributed by atoms with E-state index in [2.05, 4.69) is 18.0 Å². The molecule has 2 nitrogen and oxygen atoms in total. The Morgan fingerprint density at radius 2 is 2.05 bits per heavy atom. The number of rotatable bonds is 8. The van der Waals surface area contributed by atoms with Crippen LogP contribution in [0.15, 0.2) is 18.3 Å². The van der Waals surface area contributed by atoms with E-state index in [9.17, 15) is 5.11 Å². The summed E-state index contributed by atoms with van der Waals surface area (Å²) in [6.07, 6.45) is 12.5. The highest BCUT2D eigenvalue weighted by molar-refractivity contribution is 5.29. The van der Waals surface area contributed by atoms with E-state index in [-0.39, 0.29) is 12.0 Å². The number of hydrogen-bond donors (Lipinski definition) is 1. The highest BCUT2D eigenvalue weighted by Gasteiger charge is 2.29. The summed E-state index contributed by atoms with van der Waals surface area (Å²) in [7, 11) is 0. The molecule has 0 fully saturated rings. The summed E-state index contributed by atoms with van der Waals surface area (Å²) >= 11 is 0. The van der Waals surface area contributed by atoms with E-state index in [1.807, 2.05) is 12.3 Å². The lowest BCUT2D eigenvalue weighted by Gasteiger charge is -2.18. The number of aromatic nitrogens is 1. The third kappa shape index (κ3) is 4.04. The van der Waals surface area contributed by atoms with Crippen LogP contribution >= 0.6 is 0 Å².